The number of anilines is 2. The molecule has 0 fully saturated rings. The number of carbonyl (C=O) groups excluding carboxylic acids is 1. The number of aromatic nitrogens is 2. The van der Waals surface area contributed by atoms with Crippen molar-refractivity contribution >= 4 is 39.8 Å². The van der Waals surface area contributed by atoms with Gasteiger partial charge in [0.25, 0.3) is 0 Å². The molecule has 0 unspecified atom stereocenters. The summed E-state index contributed by atoms with van der Waals surface area (Å²) in [6, 6.07) is 15.9. The summed E-state index contributed by atoms with van der Waals surface area (Å²) in [4.78, 5) is 14.3. The van der Waals surface area contributed by atoms with Crippen LogP contribution < -0.4 is 5.32 Å². The van der Waals surface area contributed by atoms with E-state index in [4.69, 9.17) is 0 Å². The number of amides is 1. The minimum Gasteiger partial charge on any atom is -0.348 e. The maximum atomic E-state index is 12.7. The maximum absolute atomic E-state index is 12.7. The minimum absolute atomic E-state index is 0.0328. The number of likely N-dealkylation sites (N-methyl/N-ethyl adjacent to an activating group) is 1. The van der Waals surface area contributed by atoms with Gasteiger partial charge in [-0.1, -0.05) is 65.6 Å². The van der Waals surface area contributed by atoms with Crippen molar-refractivity contribution in [2.45, 2.75) is 23.4 Å². The molecule has 0 spiro atoms. The Hall–Kier alpha value is -2.38. The number of aryl methyl sites for hydroxylation is 1. The molecular weight excluding hydrogens is 376 g/mol. The lowest BCUT2D eigenvalue weighted by Crippen LogP contribution is -2.26. The molecule has 1 aromatic heterocycles. The molecule has 0 bridgehead atoms. The smallest absolute Gasteiger partial charge is 0.240 e. The Kier molecular flexibility index (Phi) is 6.13. The van der Waals surface area contributed by atoms with Crippen LogP contribution >= 0.6 is 23.1 Å². The lowest BCUT2D eigenvalue weighted by atomic mass is 10.1. The Morgan fingerprint density at radius 1 is 1.07 bits per heavy atom. The van der Waals surface area contributed by atoms with Crippen LogP contribution in [-0.2, 0) is 4.79 Å². The quantitative estimate of drug-likeness (QED) is 0.603. The van der Waals surface area contributed by atoms with E-state index in [2.05, 4.69) is 35.4 Å². The van der Waals surface area contributed by atoms with E-state index >= 15 is 0 Å². The number of thioether (sulfide) groups is 1. The third kappa shape index (κ3) is 4.67. The minimum atomic E-state index is -0.345. The molecule has 140 valence electrons. The van der Waals surface area contributed by atoms with Crippen LogP contribution in [-0.4, -0.2) is 35.1 Å². The van der Waals surface area contributed by atoms with Crippen LogP contribution in [0.15, 0.2) is 52.9 Å². The monoisotopic (exact) mass is 398 g/mol. The highest BCUT2D eigenvalue weighted by atomic mass is 32.2. The first kappa shape index (κ1) is 19.4. The van der Waals surface area contributed by atoms with Gasteiger partial charge in [-0.15, -0.1) is 10.2 Å². The zero-order valence-electron chi connectivity index (χ0n) is 15.8. The number of hydrogen-bond donors (Lipinski definition) is 1. The molecule has 27 heavy (non-hydrogen) atoms. The van der Waals surface area contributed by atoms with E-state index in [1.807, 2.05) is 42.5 Å². The summed E-state index contributed by atoms with van der Waals surface area (Å²) in [5.41, 5.74) is 4.39. The first-order valence-electron chi connectivity index (χ1n) is 8.55. The molecule has 3 aromatic rings. The molecule has 1 heterocycles. The molecule has 0 radical (unpaired) electrons. The fraction of sp³-hybridized carbons (Fsp3) is 0.250. The van der Waals surface area contributed by atoms with Crippen LogP contribution in [0.2, 0.25) is 0 Å². The Morgan fingerprint density at radius 3 is 2.52 bits per heavy atom. The lowest BCUT2D eigenvalue weighted by Gasteiger charge is -2.19. The predicted molar refractivity (Wildman–Crippen MR) is 113 cm³/mol. The largest absolute Gasteiger partial charge is 0.348 e. The highest BCUT2D eigenvalue weighted by Crippen LogP contribution is 2.39. The van der Waals surface area contributed by atoms with Crippen molar-refractivity contribution in [1.82, 2.24) is 15.1 Å². The number of nitrogens with one attached hydrogen (secondary N) is 1. The van der Waals surface area contributed by atoms with Crippen molar-refractivity contribution in [1.29, 1.82) is 0 Å². The van der Waals surface area contributed by atoms with E-state index < -0.39 is 0 Å². The van der Waals surface area contributed by atoms with Crippen LogP contribution in [0, 0.1) is 13.8 Å². The summed E-state index contributed by atoms with van der Waals surface area (Å²) in [5.74, 6) is 0.0328. The van der Waals surface area contributed by atoms with Crippen LogP contribution in [0.25, 0.3) is 0 Å². The molecule has 3 rings (SSSR count). The second kappa shape index (κ2) is 8.54. The molecule has 0 aliphatic rings. The lowest BCUT2D eigenvalue weighted by molar-refractivity contribution is -0.128. The van der Waals surface area contributed by atoms with Gasteiger partial charge >= 0.3 is 0 Å². The van der Waals surface area contributed by atoms with Gasteiger partial charge in [-0.3, -0.25) is 4.79 Å². The highest BCUT2D eigenvalue weighted by molar-refractivity contribution is 8.01. The number of hydrogen-bond acceptors (Lipinski definition) is 6. The van der Waals surface area contributed by atoms with Crippen molar-refractivity contribution in [3.63, 3.8) is 0 Å². The summed E-state index contributed by atoms with van der Waals surface area (Å²) < 4.78 is 0.756. The molecule has 2 aromatic carbocycles. The third-order valence-electron chi connectivity index (χ3n) is 4.24. The van der Waals surface area contributed by atoms with E-state index in [0.29, 0.717) is 0 Å². The van der Waals surface area contributed by atoms with Crippen molar-refractivity contribution in [2.75, 3.05) is 19.4 Å². The molecule has 0 aliphatic heterocycles. The van der Waals surface area contributed by atoms with Gasteiger partial charge in [0.15, 0.2) is 4.34 Å². The first-order valence-corrected chi connectivity index (χ1v) is 10.2. The molecule has 0 saturated heterocycles. The zero-order valence-corrected chi connectivity index (χ0v) is 17.4. The summed E-state index contributed by atoms with van der Waals surface area (Å²) in [7, 11) is 3.54. The Balaban J connectivity index is 1.80. The van der Waals surface area contributed by atoms with Crippen LogP contribution in [0.3, 0.4) is 0 Å². The normalized spacial score (nSPS) is 11.9. The average Bonchev–Trinajstić information content (AvgIpc) is 3.11. The molecule has 5 nitrogen and oxygen atoms in total. The molecule has 7 heteroatoms. The van der Waals surface area contributed by atoms with E-state index in [9.17, 15) is 4.79 Å². The second-order valence-corrected chi connectivity index (χ2v) is 8.72. The van der Waals surface area contributed by atoms with Gasteiger partial charge in [-0.2, -0.15) is 0 Å². The Bertz CT molecular complexity index is 925. The van der Waals surface area contributed by atoms with Gasteiger partial charge in [-0.25, -0.2) is 0 Å². The summed E-state index contributed by atoms with van der Waals surface area (Å²) in [6.45, 7) is 4.16. The van der Waals surface area contributed by atoms with Gasteiger partial charge < -0.3 is 10.2 Å². The maximum Gasteiger partial charge on any atom is 0.240 e. The van der Waals surface area contributed by atoms with Crippen LogP contribution in [0.5, 0.6) is 0 Å². The van der Waals surface area contributed by atoms with Gasteiger partial charge in [0.2, 0.25) is 11.0 Å². The molecule has 0 aliphatic carbocycles. The standard InChI is InChI=1S/C20H22N4OS2/c1-13-9-8-12-16(14(13)2)21-19-22-23-20(27-19)26-17(18(25)24(3)4)15-10-6-5-7-11-15/h5-12,17H,1-4H3,(H,21,22)/t17-/m1/s1. The van der Waals surface area contributed by atoms with E-state index in [1.165, 1.54) is 34.2 Å². The second-order valence-electron chi connectivity index (χ2n) is 6.39. The number of benzene rings is 2. The summed E-state index contributed by atoms with van der Waals surface area (Å²) in [5, 5.41) is 12.2. The Labute approximate surface area is 167 Å². The topological polar surface area (TPSA) is 58.1 Å². The van der Waals surface area contributed by atoms with Crippen molar-refractivity contribution < 1.29 is 4.79 Å². The van der Waals surface area contributed by atoms with Crippen LogP contribution in [0.1, 0.15) is 21.9 Å². The molecule has 1 amide bonds. The predicted octanol–water partition coefficient (Wildman–Crippen LogP) is 4.82. The molecule has 1 atom stereocenters. The SMILES string of the molecule is Cc1cccc(Nc2nnc(S[C@@H](C(=O)N(C)C)c3ccccc3)s2)c1C. The van der Waals surface area contributed by atoms with Gasteiger partial charge in [0, 0.05) is 19.8 Å². The van der Waals surface area contributed by atoms with Gasteiger partial charge in [0.1, 0.15) is 5.25 Å². The third-order valence-corrected chi connectivity index (χ3v) is 6.40. The van der Waals surface area contributed by atoms with Gasteiger partial charge in [-0.05, 0) is 36.6 Å². The zero-order chi connectivity index (χ0) is 19.4. The van der Waals surface area contributed by atoms with Crippen molar-refractivity contribution in [3.05, 3.63) is 65.2 Å². The average molecular weight is 399 g/mol. The van der Waals surface area contributed by atoms with E-state index in [-0.39, 0.29) is 11.2 Å². The molecule has 1 N–H and O–H groups in total. The molecule has 0 saturated carbocycles. The Morgan fingerprint density at radius 2 is 1.81 bits per heavy atom. The van der Waals surface area contributed by atoms with Crippen molar-refractivity contribution in [3.8, 4) is 0 Å². The molecular formula is C20H22N4OS2. The number of rotatable bonds is 6. The fourth-order valence-corrected chi connectivity index (χ4v) is 4.64. The highest BCUT2D eigenvalue weighted by Gasteiger charge is 2.25. The van der Waals surface area contributed by atoms with E-state index in [1.54, 1.807) is 19.0 Å². The van der Waals surface area contributed by atoms with Crippen LogP contribution in [0.4, 0.5) is 10.8 Å². The van der Waals surface area contributed by atoms with Crippen molar-refractivity contribution in [2.24, 2.45) is 0 Å². The number of carbonyl (C=O) groups is 1. The summed E-state index contributed by atoms with van der Waals surface area (Å²) in [6.07, 6.45) is 0. The van der Waals surface area contributed by atoms with Gasteiger partial charge in [0.05, 0.1) is 0 Å². The number of nitrogens with zero attached hydrogens (tertiary/aromatic N) is 3. The first-order chi connectivity index (χ1) is 13.0. The summed E-state index contributed by atoms with van der Waals surface area (Å²) >= 11 is 2.88. The van der Waals surface area contributed by atoms with E-state index in [0.717, 1.165) is 20.7 Å². The fourth-order valence-electron chi connectivity index (χ4n) is 2.53.